The molecule has 0 saturated carbocycles. The highest BCUT2D eigenvalue weighted by atomic mass is 16.6. The third kappa shape index (κ3) is 1.87. The van der Waals surface area contributed by atoms with Crippen molar-refractivity contribution in [3.8, 4) is 0 Å². The molecule has 0 amide bonds. The van der Waals surface area contributed by atoms with E-state index < -0.39 is 36.5 Å². The second kappa shape index (κ2) is 3.69. The Morgan fingerprint density at radius 2 is 1.62 bits per heavy atom. The summed E-state index contributed by atoms with van der Waals surface area (Å²) in [7, 11) is 0. The summed E-state index contributed by atoms with van der Waals surface area (Å²) < 4.78 is 4.59. The van der Waals surface area contributed by atoms with E-state index in [1.165, 1.54) is 0 Å². The first-order valence-electron chi connectivity index (χ1n) is 3.83. The number of hydrogen-bond donors (Lipinski definition) is 4. The topological polar surface area (TPSA) is 107 Å². The summed E-state index contributed by atoms with van der Waals surface area (Å²) in [4.78, 5) is 10.8. The molecule has 6 heteroatoms. The molecule has 1 rings (SSSR count). The largest absolute Gasteiger partial charge is 0.387 e. The summed E-state index contributed by atoms with van der Waals surface area (Å²) in [6.45, 7) is 1.16. The minimum Gasteiger partial charge on any atom is -0.387 e. The second-order valence-corrected chi connectivity index (χ2v) is 3.03. The molecule has 1 aliphatic heterocycles. The number of carbonyl (C=O) groups is 1. The molecule has 2 unspecified atom stereocenters. The predicted octanol–water partition coefficient (Wildman–Crippen LogP) is -2.62. The van der Waals surface area contributed by atoms with Crippen LogP contribution in [0.2, 0.25) is 0 Å². The van der Waals surface area contributed by atoms with Crippen LogP contribution in [-0.2, 0) is 9.53 Å². The van der Waals surface area contributed by atoms with E-state index in [-0.39, 0.29) is 0 Å². The summed E-state index contributed by atoms with van der Waals surface area (Å²) in [5.41, 5.74) is 0. The molecule has 1 aliphatic rings. The molecule has 6 nitrogen and oxygen atoms in total. The Labute approximate surface area is 74.4 Å². The molecule has 0 bridgehead atoms. The van der Waals surface area contributed by atoms with Gasteiger partial charge in [0.2, 0.25) is 0 Å². The third-order valence-corrected chi connectivity index (χ3v) is 1.99. The van der Waals surface area contributed by atoms with Crippen molar-refractivity contribution in [2.45, 2.75) is 37.6 Å². The van der Waals surface area contributed by atoms with Crippen molar-refractivity contribution in [3.63, 3.8) is 0 Å². The molecule has 1 saturated heterocycles. The van der Waals surface area contributed by atoms with Gasteiger partial charge in [0.05, 0.1) is 0 Å². The van der Waals surface area contributed by atoms with Crippen molar-refractivity contribution in [3.05, 3.63) is 0 Å². The van der Waals surface area contributed by atoms with Crippen molar-refractivity contribution in [1.82, 2.24) is 0 Å². The summed E-state index contributed by atoms with van der Waals surface area (Å²) >= 11 is 0. The first-order valence-corrected chi connectivity index (χ1v) is 3.83. The van der Waals surface area contributed by atoms with Crippen LogP contribution < -0.4 is 0 Å². The van der Waals surface area contributed by atoms with Crippen LogP contribution in [0.4, 0.5) is 0 Å². The second-order valence-electron chi connectivity index (χ2n) is 3.03. The lowest BCUT2D eigenvalue weighted by molar-refractivity contribution is -0.274. The average Bonchev–Trinajstić information content (AvgIpc) is 2.07. The number of aliphatic hydroxyl groups excluding tert-OH is 4. The van der Waals surface area contributed by atoms with Gasteiger partial charge in [-0.15, -0.1) is 0 Å². The number of hydrogen-bond acceptors (Lipinski definition) is 6. The number of ether oxygens (including phenoxy) is 1. The molecule has 0 aliphatic carbocycles. The molecule has 0 spiro atoms. The third-order valence-electron chi connectivity index (χ3n) is 1.99. The minimum absolute atomic E-state index is 0.516. The van der Waals surface area contributed by atoms with Crippen LogP contribution in [-0.4, -0.2) is 56.9 Å². The molecule has 5 atom stereocenters. The summed E-state index contributed by atoms with van der Waals surface area (Å²) in [5.74, 6) is -0.516. The van der Waals surface area contributed by atoms with Gasteiger partial charge < -0.3 is 25.2 Å². The maximum Gasteiger partial charge on any atom is 0.184 e. The Morgan fingerprint density at radius 3 is 2.08 bits per heavy atom. The smallest absolute Gasteiger partial charge is 0.184 e. The highest BCUT2D eigenvalue weighted by Crippen LogP contribution is 2.20. The van der Waals surface area contributed by atoms with Crippen LogP contribution >= 0.6 is 0 Å². The Balaban J connectivity index is 2.76. The maximum atomic E-state index is 10.8. The van der Waals surface area contributed by atoms with Crippen LogP contribution in [0.1, 0.15) is 6.92 Å². The first kappa shape index (κ1) is 10.6. The number of aliphatic hydroxyl groups is 4. The van der Waals surface area contributed by atoms with Crippen molar-refractivity contribution in [1.29, 1.82) is 0 Å². The molecule has 1 heterocycles. The number of carbonyl (C=O) groups excluding carboxylic acids is 1. The van der Waals surface area contributed by atoms with Gasteiger partial charge in [0, 0.05) is 0 Å². The van der Waals surface area contributed by atoms with E-state index in [1.54, 1.807) is 0 Å². The monoisotopic (exact) mass is 192 g/mol. The van der Waals surface area contributed by atoms with Crippen molar-refractivity contribution in [2.75, 3.05) is 0 Å². The lowest BCUT2D eigenvalue weighted by atomic mass is 9.97. The van der Waals surface area contributed by atoms with Gasteiger partial charge in [0.1, 0.15) is 24.4 Å². The van der Waals surface area contributed by atoms with Gasteiger partial charge in [-0.25, -0.2) is 0 Å². The zero-order chi connectivity index (χ0) is 10.2. The molecule has 0 radical (unpaired) electrons. The van der Waals surface area contributed by atoms with Crippen LogP contribution in [0, 0.1) is 0 Å². The highest BCUT2D eigenvalue weighted by molar-refractivity contribution is 5.81. The standard InChI is InChI=1S/C7H12O6/c1-2(8)6-4(10)3(9)5(11)7(12)13-6/h3-7,9-12H,1H3/t3-,4+,5?,6?,7+/m0/s1. The zero-order valence-electron chi connectivity index (χ0n) is 6.99. The van der Waals surface area contributed by atoms with E-state index in [1.807, 2.05) is 0 Å². The van der Waals surface area contributed by atoms with Gasteiger partial charge in [-0.1, -0.05) is 0 Å². The van der Waals surface area contributed by atoms with Crippen LogP contribution in [0.3, 0.4) is 0 Å². The van der Waals surface area contributed by atoms with Crippen LogP contribution in [0.5, 0.6) is 0 Å². The Morgan fingerprint density at radius 1 is 1.08 bits per heavy atom. The van der Waals surface area contributed by atoms with Gasteiger partial charge in [-0.3, -0.25) is 4.79 Å². The fourth-order valence-corrected chi connectivity index (χ4v) is 1.20. The van der Waals surface area contributed by atoms with E-state index in [9.17, 15) is 9.90 Å². The van der Waals surface area contributed by atoms with E-state index in [4.69, 9.17) is 15.3 Å². The molecule has 76 valence electrons. The van der Waals surface area contributed by atoms with Crippen LogP contribution in [0.15, 0.2) is 0 Å². The Hall–Kier alpha value is -0.530. The molecular weight excluding hydrogens is 180 g/mol. The molecule has 0 aromatic heterocycles. The molecule has 1 fully saturated rings. The number of ketones is 1. The minimum atomic E-state index is -1.65. The molecule has 4 N–H and O–H groups in total. The molecule has 13 heavy (non-hydrogen) atoms. The average molecular weight is 192 g/mol. The fraction of sp³-hybridized carbons (Fsp3) is 0.857. The van der Waals surface area contributed by atoms with Crippen molar-refractivity contribution in [2.24, 2.45) is 0 Å². The number of rotatable bonds is 1. The van der Waals surface area contributed by atoms with Crippen LogP contribution in [0.25, 0.3) is 0 Å². The van der Waals surface area contributed by atoms with Gasteiger partial charge in [0.25, 0.3) is 0 Å². The van der Waals surface area contributed by atoms with Gasteiger partial charge in [-0.05, 0) is 6.92 Å². The molecule has 0 aromatic rings. The summed E-state index contributed by atoms with van der Waals surface area (Å²) in [6.07, 6.45) is -7.60. The predicted molar refractivity (Wildman–Crippen MR) is 39.6 cm³/mol. The highest BCUT2D eigenvalue weighted by Gasteiger charge is 2.44. The zero-order valence-corrected chi connectivity index (χ0v) is 6.99. The van der Waals surface area contributed by atoms with E-state index >= 15 is 0 Å². The summed E-state index contributed by atoms with van der Waals surface area (Å²) in [6, 6.07) is 0. The molecular formula is C7H12O6. The van der Waals surface area contributed by atoms with Crippen molar-refractivity contribution >= 4 is 5.78 Å². The molecule has 0 aromatic carbocycles. The first-order chi connectivity index (χ1) is 5.95. The quantitative estimate of drug-likeness (QED) is 0.362. The van der Waals surface area contributed by atoms with Crippen molar-refractivity contribution < 1.29 is 30.0 Å². The van der Waals surface area contributed by atoms with E-state index in [0.29, 0.717) is 0 Å². The lowest BCUT2D eigenvalue weighted by Gasteiger charge is -2.37. The SMILES string of the molecule is CC(=O)C1O[C@@H](O)C(O)[C@@H](O)[C@H]1O. The van der Waals surface area contributed by atoms with Gasteiger partial charge >= 0.3 is 0 Å². The fourth-order valence-electron chi connectivity index (χ4n) is 1.20. The Bertz CT molecular complexity index is 205. The lowest BCUT2D eigenvalue weighted by Crippen LogP contribution is -2.59. The number of Topliss-reactive ketones (excluding diaryl/α,β-unsaturated/α-hetero) is 1. The van der Waals surface area contributed by atoms with E-state index in [0.717, 1.165) is 6.92 Å². The maximum absolute atomic E-state index is 10.8. The van der Waals surface area contributed by atoms with Gasteiger partial charge in [-0.2, -0.15) is 0 Å². The Kier molecular flexibility index (Phi) is 2.99. The summed E-state index contributed by atoms with van der Waals surface area (Å²) in [5, 5.41) is 36.4. The van der Waals surface area contributed by atoms with Gasteiger partial charge in [0.15, 0.2) is 12.1 Å². The normalized spacial score (nSPS) is 46.1. The van der Waals surface area contributed by atoms with E-state index in [2.05, 4.69) is 4.74 Å².